The number of alkyl halides is 2. The molecule has 0 unspecified atom stereocenters. The maximum Gasteiger partial charge on any atom is 0.404 e. The predicted molar refractivity (Wildman–Crippen MR) is 170 cm³/mol. The molecule has 0 aliphatic carbocycles. The van der Waals surface area contributed by atoms with Gasteiger partial charge in [-0.1, -0.05) is 71.1 Å². The quantitative estimate of drug-likeness (QED) is 0.0340. The number of esters is 1. The number of ether oxygens (including phenoxy) is 1. The molecule has 0 fully saturated rings. The standard InChI is InChI=1S/C30H30F7O7PS3/c1-28(2,3)26(39)46-11-9-42-45(41,43-10-12-47-27(40)29(4,5)6)30(36,37)16-7-8-17-15(13-16)14-18(48-17)25(38)44-24-22(34)20(32)19(31)21(33)23(24)35/h7-8,13-14H,9-12H2,1-6H3. The first kappa shape index (κ1) is 40.0. The van der Waals surface area contributed by atoms with Gasteiger partial charge in [0.1, 0.15) is 4.88 Å². The Morgan fingerprint density at radius 3 is 1.67 bits per heavy atom. The average Bonchev–Trinajstić information content (AvgIpc) is 3.44. The third-order valence-corrected chi connectivity index (χ3v) is 11.7. The Kier molecular flexibility index (Phi) is 12.7. The van der Waals surface area contributed by atoms with Crippen molar-refractivity contribution >= 4 is 68.7 Å². The molecule has 264 valence electrons. The van der Waals surface area contributed by atoms with Crippen molar-refractivity contribution < 1.29 is 63.5 Å². The van der Waals surface area contributed by atoms with Gasteiger partial charge in [0.15, 0.2) is 10.2 Å². The van der Waals surface area contributed by atoms with Crippen LogP contribution in [-0.4, -0.2) is 40.9 Å². The van der Waals surface area contributed by atoms with E-state index in [4.69, 9.17) is 9.05 Å². The number of thiophene rings is 1. The smallest absolute Gasteiger partial charge is 0.404 e. The minimum absolute atomic E-state index is 0.0641. The first-order valence-electron chi connectivity index (χ1n) is 13.9. The fraction of sp³-hybridized carbons (Fsp3) is 0.433. The molecule has 3 rings (SSSR count). The number of carbonyl (C=O) groups is 3. The van der Waals surface area contributed by atoms with E-state index in [1.807, 2.05) is 0 Å². The summed E-state index contributed by atoms with van der Waals surface area (Å²) in [6, 6.07) is 3.78. The molecule has 0 saturated heterocycles. The van der Waals surface area contributed by atoms with Gasteiger partial charge in [-0.05, 0) is 23.6 Å². The molecule has 0 saturated carbocycles. The van der Waals surface area contributed by atoms with Crippen LogP contribution in [0.3, 0.4) is 0 Å². The summed E-state index contributed by atoms with van der Waals surface area (Å²) in [5.41, 5.74) is -6.66. The SMILES string of the molecule is CC(C)(C)C(=O)SCCOP(=O)(OCCSC(=O)C(C)(C)C)C(F)(F)c1ccc2sc(C(=O)Oc3c(F)c(F)c(F)c(F)c3F)cc2c1. The molecule has 0 aliphatic rings. The second-order valence-electron chi connectivity index (χ2n) is 12.1. The van der Waals surface area contributed by atoms with E-state index in [0.29, 0.717) is 11.3 Å². The highest BCUT2D eigenvalue weighted by Crippen LogP contribution is 2.67. The highest BCUT2D eigenvalue weighted by atomic mass is 32.2. The third kappa shape index (κ3) is 9.02. The Balaban J connectivity index is 1.88. The van der Waals surface area contributed by atoms with Gasteiger partial charge in [0.05, 0.1) is 13.2 Å². The molecule has 1 heterocycles. The maximum atomic E-state index is 16.0. The lowest BCUT2D eigenvalue weighted by molar-refractivity contribution is -0.118. The van der Waals surface area contributed by atoms with Crippen LogP contribution in [0.25, 0.3) is 10.1 Å². The van der Waals surface area contributed by atoms with Crippen LogP contribution in [0.2, 0.25) is 0 Å². The van der Waals surface area contributed by atoms with Gasteiger partial charge in [0, 0.05) is 32.6 Å². The summed E-state index contributed by atoms with van der Waals surface area (Å²) in [7, 11) is -5.36. The Morgan fingerprint density at radius 1 is 0.750 bits per heavy atom. The second kappa shape index (κ2) is 15.2. The number of thioether (sulfide) groups is 2. The normalized spacial score (nSPS) is 12.9. The minimum atomic E-state index is -5.36. The molecule has 18 heteroatoms. The molecule has 48 heavy (non-hydrogen) atoms. The predicted octanol–water partition coefficient (Wildman–Crippen LogP) is 9.70. The van der Waals surface area contributed by atoms with Gasteiger partial charge in [0.25, 0.3) is 0 Å². The summed E-state index contributed by atoms with van der Waals surface area (Å²) in [5.74, 6) is -15.6. The molecule has 0 N–H and O–H groups in total. The van der Waals surface area contributed by atoms with E-state index >= 15 is 8.78 Å². The van der Waals surface area contributed by atoms with Crippen molar-refractivity contribution in [1.29, 1.82) is 0 Å². The molecule has 1 aromatic heterocycles. The number of rotatable bonds is 12. The van der Waals surface area contributed by atoms with Crippen molar-refractivity contribution in [3.05, 3.63) is 63.8 Å². The summed E-state index contributed by atoms with van der Waals surface area (Å²) in [5, 5.41) is -0.586. The van der Waals surface area contributed by atoms with Gasteiger partial charge < -0.3 is 13.8 Å². The van der Waals surface area contributed by atoms with E-state index in [0.717, 1.165) is 47.8 Å². The summed E-state index contributed by atoms with van der Waals surface area (Å²) in [4.78, 5) is 36.6. The summed E-state index contributed by atoms with van der Waals surface area (Å²) in [6.45, 7) is 8.82. The van der Waals surface area contributed by atoms with Crippen LogP contribution in [0.1, 0.15) is 56.8 Å². The molecular formula is C30H30F7O7PS3. The number of hydrogen-bond acceptors (Lipinski definition) is 10. The maximum absolute atomic E-state index is 16.0. The molecule has 0 aliphatic heterocycles. The van der Waals surface area contributed by atoms with Gasteiger partial charge in [-0.15, -0.1) is 11.3 Å². The van der Waals surface area contributed by atoms with E-state index in [-0.39, 0.29) is 31.8 Å². The van der Waals surface area contributed by atoms with Crippen LogP contribution in [0.15, 0.2) is 24.3 Å². The molecular weight excluding hydrogens is 732 g/mol. The van der Waals surface area contributed by atoms with Crippen LogP contribution in [-0.2, 0) is 28.9 Å². The highest BCUT2D eigenvalue weighted by molar-refractivity contribution is 8.14. The zero-order valence-corrected chi connectivity index (χ0v) is 29.7. The van der Waals surface area contributed by atoms with Gasteiger partial charge in [-0.2, -0.15) is 17.6 Å². The van der Waals surface area contributed by atoms with Gasteiger partial charge >= 0.3 is 19.2 Å². The van der Waals surface area contributed by atoms with E-state index in [9.17, 15) is 40.9 Å². The highest BCUT2D eigenvalue weighted by Gasteiger charge is 2.55. The van der Waals surface area contributed by atoms with Crippen molar-refractivity contribution in [3.8, 4) is 5.75 Å². The zero-order valence-electron chi connectivity index (χ0n) is 26.3. The molecule has 0 radical (unpaired) electrons. The number of fused-ring (bicyclic) bond motifs is 1. The average molecular weight is 763 g/mol. The fourth-order valence-electron chi connectivity index (χ4n) is 3.52. The second-order valence-corrected chi connectivity index (χ2v) is 17.4. The number of hydrogen-bond donors (Lipinski definition) is 0. The first-order valence-corrected chi connectivity index (χ1v) is 18.2. The van der Waals surface area contributed by atoms with Crippen molar-refractivity contribution in [2.75, 3.05) is 24.7 Å². The van der Waals surface area contributed by atoms with E-state index < -0.39 is 88.5 Å². The van der Waals surface area contributed by atoms with Crippen LogP contribution in [0, 0.1) is 39.9 Å². The monoisotopic (exact) mass is 762 g/mol. The Bertz CT molecular complexity index is 1700. The molecule has 0 atom stereocenters. The van der Waals surface area contributed by atoms with Crippen molar-refractivity contribution in [2.45, 2.75) is 47.2 Å². The van der Waals surface area contributed by atoms with Crippen molar-refractivity contribution in [2.24, 2.45) is 10.8 Å². The third-order valence-electron chi connectivity index (χ3n) is 6.15. The Labute approximate surface area is 283 Å². The lowest BCUT2D eigenvalue weighted by atomic mass is 9.99. The van der Waals surface area contributed by atoms with Crippen LogP contribution < -0.4 is 4.74 Å². The van der Waals surface area contributed by atoms with Gasteiger partial charge in [-0.3, -0.25) is 14.2 Å². The largest absolute Gasteiger partial charge is 0.416 e. The number of benzene rings is 2. The number of carbonyl (C=O) groups excluding carboxylic acids is 3. The Morgan fingerprint density at radius 2 is 1.21 bits per heavy atom. The molecule has 0 amide bonds. The van der Waals surface area contributed by atoms with E-state index in [2.05, 4.69) is 4.74 Å². The van der Waals surface area contributed by atoms with Gasteiger partial charge in [-0.25, -0.2) is 18.0 Å². The first-order chi connectivity index (χ1) is 22.0. The lowest BCUT2D eigenvalue weighted by Crippen LogP contribution is -2.21. The van der Waals surface area contributed by atoms with Crippen LogP contribution >= 0.6 is 42.5 Å². The molecule has 0 spiro atoms. The minimum Gasteiger partial charge on any atom is -0.416 e. The Hall–Kier alpha value is -2.43. The lowest BCUT2D eigenvalue weighted by Gasteiger charge is -2.27. The van der Waals surface area contributed by atoms with E-state index in [1.165, 1.54) is 0 Å². The van der Waals surface area contributed by atoms with Gasteiger partial charge in [0.2, 0.25) is 34.8 Å². The van der Waals surface area contributed by atoms with Crippen LogP contribution in [0.5, 0.6) is 5.75 Å². The van der Waals surface area contributed by atoms with Crippen molar-refractivity contribution in [3.63, 3.8) is 0 Å². The topological polar surface area (TPSA) is 96.0 Å². The zero-order chi connectivity index (χ0) is 36.4. The van der Waals surface area contributed by atoms with Crippen LogP contribution in [0.4, 0.5) is 30.7 Å². The number of halogens is 7. The summed E-state index contributed by atoms with van der Waals surface area (Å²) < 4.78 is 129. The van der Waals surface area contributed by atoms with E-state index in [1.54, 1.807) is 41.5 Å². The van der Waals surface area contributed by atoms with Crippen molar-refractivity contribution in [1.82, 2.24) is 0 Å². The molecule has 7 nitrogen and oxygen atoms in total. The molecule has 2 aromatic carbocycles. The summed E-state index contributed by atoms with van der Waals surface area (Å²) in [6.07, 6.45) is 0. The molecule has 0 bridgehead atoms. The fourth-order valence-corrected chi connectivity index (χ4v) is 7.78. The molecule has 3 aromatic rings. The summed E-state index contributed by atoms with van der Waals surface area (Å²) >= 11 is 2.18.